The second-order valence-corrected chi connectivity index (χ2v) is 6.20. The number of hydrogen-bond acceptors (Lipinski definition) is 3. The lowest BCUT2D eigenvalue weighted by Crippen LogP contribution is -2.35. The maximum Gasteiger partial charge on any atom is 0.335 e. The predicted molar refractivity (Wildman–Crippen MR) is 93.6 cm³/mol. The van der Waals surface area contributed by atoms with Gasteiger partial charge in [-0.2, -0.15) is 0 Å². The van der Waals surface area contributed by atoms with E-state index in [1.807, 2.05) is 30.3 Å². The van der Waals surface area contributed by atoms with Crippen LogP contribution in [-0.4, -0.2) is 30.1 Å². The molecule has 5 heteroatoms. The molecule has 1 heterocycles. The highest BCUT2D eigenvalue weighted by atomic mass is 16.5. The monoisotopic (exact) mass is 339 g/mol. The lowest BCUT2D eigenvalue weighted by molar-refractivity contribution is -0.0272. The van der Waals surface area contributed by atoms with Gasteiger partial charge in [0.05, 0.1) is 11.7 Å². The van der Waals surface area contributed by atoms with E-state index >= 15 is 0 Å². The summed E-state index contributed by atoms with van der Waals surface area (Å²) in [6, 6.07) is 16.1. The van der Waals surface area contributed by atoms with Crippen LogP contribution in [0.1, 0.15) is 45.2 Å². The molecule has 130 valence electrons. The molecule has 2 aromatic carbocycles. The first-order chi connectivity index (χ1) is 12.1. The highest BCUT2D eigenvalue weighted by Crippen LogP contribution is 2.33. The minimum Gasteiger partial charge on any atom is -0.478 e. The molecule has 0 unspecified atom stereocenters. The Kier molecular flexibility index (Phi) is 5.46. The number of carbonyl (C=O) groups is 2. The van der Waals surface area contributed by atoms with Crippen LogP contribution in [0, 0.1) is 5.92 Å². The first-order valence-corrected chi connectivity index (χ1v) is 8.43. The molecular formula is C20H21NO4. The number of rotatable bonds is 5. The molecule has 25 heavy (non-hydrogen) atoms. The van der Waals surface area contributed by atoms with Crippen LogP contribution in [-0.2, 0) is 4.74 Å². The molecule has 2 N–H and O–H groups in total. The number of carboxylic acid groups (broad SMARTS) is 1. The van der Waals surface area contributed by atoms with E-state index < -0.39 is 5.97 Å². The molecule has 0 aromatic heterocycles. The summed E-state index contributed by atoms with van der Waals surface area (Å²) < 4.78 is 5.94. The van der Waals surface area contributed by atoms with E-state index in [2.05, 4.69) is 5.32 Å². The number of carbonyl (C=O) groups excluding carboxylic acids is 1. The Morgan fingerprint density at radius 2 is 1.84 bits per heavy atom. The Morgan fingerprint density at radius 3 is 2.60 bits per heavy atom. The Labute approximate surface area is 146 Å². The second kappa shape index (κ2) is 7.94. The Morgan fingerprint density at radius 1 is 1.08 bits per heavy atom. The molecule has 1 amide bonds. The van der Waals surface area contributed by atoms with Gasteiger partial charge in [-0.25, -0.2) is 4.79 Å². The van der Waals surface area contributed by atoms with Crippen LogP contribution >= 0.6 is 0 Å². The molecule has 5 nitrogen and oxygen atoms in total. The lowest BCUT2D eigenvalue weighted by atomic mass is 9.89. The highest BCUT2D eigenvalue weighted by molar-refractivity contribution is 5.97. The fourth-order valence-corrected chi connectivity index (χ4v) is 3.18. The van der Waals surface area contributed by atoms with Crippen molar-refractivity contribution in [3.05, 3.63) is 71.3 Å². The first-order valence-electron chi connectivity index (χ1n) is 8.43. The quantitative estimate of drug-likeness (QED) is 0.876. The number of ether oxygens (including phenoxy) is 1. The molecule has 1 aliphatic rings. The van der Waals surface area contributed by atoms with Crippen LogP contribution in [0.4, 0.5) is 0 Å². The van der Waals surface area contributed by atoms with Crippen molar-refractivity contribution in [3.8, 4) is 0 Å². The van der Waals surface area contributed by atoms with Gasteiger partial charge in [-0.3, -0.25) is 4.79 Å². The van der Waals surface area contributed by atoms with Gasteiger partial charge in [-0.15, -0.1) is 0 Å². The van der Waals surface area contributed by atoms with Crippen molar-refractivity contribution in [2.24, 2.45) is 5.92 Å². The fraction of sp³-hybridized carbons (Fsp3) is 0.300. The molecule has 1 saturated heterocycles. The van der Waals surface area contributed by atoms with E-state index in [0.29, 0.717) is 12.1 Å². The van der Waals surface area contributed by atoms with Gasteiger partial charge in [-0.1, -0.05) is 36.4 Å². The molecule has 0 saturated carbocycles. The summed E-state index contributed by atoms with van der Waals surface area (Å²) in [7, 11) is 0. The Hall–Kier alpha value is -2.66. The molecule has 0 bridgehead atoms. The predicted octanol–water partition coefficient (Wildman–Crippen LogP) is 3.28. The van der Waals surface area contributed by atoms with Gasteiger partial charge >= 0.3 is 5.97 Å². The summed E-state index contributed by atoms with van der Waals surface area (Å²) in [5, 5.41) is 12.0. The van der Waals surface area contributed by atoms with Crippen molar-refractivity contribution in [1.29, 1.82) is 0 Å². The van der Waals surface area contributed by atoms with Crippen molar-refractivity contribution < 1.29 is 19.4 Å². The average Bonchev–Trinajstić information content (AvgIpc) is 2.67. The van der Waals surface area contributed by atoms with Crippen molar-refractivity contribution in [3.63, 3.8) is 0 Å². The van der Waals surface area contributed by atoms with Gasteiger partial charge in [0.25, 0.3) is 5.91 Å². The van der Waals surface area contributed by atoms with Crippen LogP contribution in [0.15, 0.2) is 54.6 Å². The number of carboxylic acids is 1. The van der Waals surface area contributed by atoms with Crippen molar-refractivity contribution >= 4 is 11.9 Å². The molecule has 0 spiro atoms. The highest BCUT2D eigenvalue weighted by Gasteiger charge is 2.27. The summed E-state index contributed by atoms with van der Waals surface area (Å²) in [5.41, 5.74) is 1.58. The van der Waals surface area contributed by atoms with Gasteiger partial charge in [0, 0.05) is 24.6 Å². The summed E-state index contributed by atoms with van der Waals surface area (Å²) in [4.78, 5) is 23.4. The third-order valence-electron chi connectivity index (χ3n) is 4.47. The summed E-state index contributed by atoms with van der Waals surface area (Å²) in [5.74, 6) is -1.11. The van der Waals surface area contributed by atoms with E-state index in [9.17, 15) is 9.59 Å². The molecule has 0 aliphatic carbocycles. The van der Waals surface area contributed by atoms with Crippen LogP contribution in [0.25, 0.3) is 0 Å². The SMILES string of the molecule is O=C(O)c1cccc(C(=O)NC[C@@H]2CCCO[C@H]2c2ccccc2)c1. The molecule has 2 aromatic rings. The standard InChI is InChI=1S/C20H21NO4/c22-19(15-8-4-9-16(12-15)20(23)24)21-13-17-10-5-11-25-18(17)14-6-2-1-3-7-14/h1-4,6-9,12,17-18H,5,10-11,13H2,(H,21,22)(H,23,24)/t17-,18-/m0/s1. The van der Waals surface area contributed by atoms with Gasteiger partial charge in [0.1, 0.15) is 0 Å². The largest absolute Gasteiger partial charge is 0.478 e. The zero-order valence-electron chi connectivity index (χ0n) is 13.9. The summed E-state index contributed by atoms with van der Waals surface area (Å²) >= 11 is 0. The summed E-state index contributed by atoms with van der Waals surface area (Å²) in [6.45, 7) is 1.22. The lowest BCUT2D eigenvalue weighted by Gasteiger charge is -2.32. The molecule has 3 rings (SSSR count). The molecular weight excluding hydrogens is 318 g/mol. The van der Waals surface area contributed by atoms with E-state index in [0.717, 1.165) is 25.0 Å². The fourth-order valence-electron chi connectivity index (χ4n) is 3.18. The van der Waals surface area contributed by atoms with Gasteiger partial charge in [0.15, 0.2) is 0 Å². The molecule has 0 radical (unpaired) electrons. The number of hydrogen-bond donors (Lipinski definition) is 2. The minimum absolute atomic E-state index is 0.0272. The first kappa shape index (κ1) is 17.2. The smallest absolute Gasteiger partial charge is 0.335 e. The van der Waals surface area contributed by atoms with Crippen molar-refractivity contribution in [2.45, 2.75) is 18.9 Å². The zero-order chi connectivity index (χ0) is 17.6. The number of nitrogens with one attached hydrogen (secondary N) is 1. The minimum atomic E-state index is -1.04. The van der Waals surface area contributed by atoms with E-state index in [1.165, 1.54) is 12.1 Å². The summed E-state index contributed by atoms with van der Waals surface area (Å²) in [6.07, 6.45) is 1.92. The van der Waals surface area contributed by atoms with Gasteiger partial charge in [-0.05, 0) is 36.6 Å². The average molecular weight is 339 g/mol. The van der Waals surface area contributed by atoms with Crippen LogP contribution in [0.2, 0.25) is 0 Å². The topological polar surface area (TPSA) is 75.6 Å². The molecule has 2 atom stereocenters. The van der Waals surface area contributed by atoms with E-state index in [4.69, 9.17) is 9.84 Å². The third kappa shape index (κ3) is 4.25. The maximum atomic E-state index is 12.4. The number of amides is 1. The van der Waals surface area contributed by atoms with E-state index in [1.54, 1.807) is 12.1 Å². The van der Waals surface area contributed by atoms with Gasteiger partial charge in [0.2, 0.25) is 0 Å². The second-order valence-electron chi connectivity index (χ2n) is 6.20. The van der Waals surface area contributed by atoms with Gasteiger partial charge < -0.3 is 15.2 Å². The van der Waals surface area contributed by atoms with Crippen molar-refractivity contribution in [1.82, 2.24) is 5.32 Å². The van der Waals surface area contributed by atoms with Crippen LogP contribution in [0.5, 0.6) is 0 Å². The number of benzene rings is 2. The molecule has 1 aliphatic heterocycles. The Bertz CT molecular complexity index is 744. The normalized spacial score (nSPS) is 20.0. The number of aromatic carboxylic acids is 1. The van der Waals surface area contributed by atoms with E-state index in [-0.39, 0.29) is 23.5 Å². The maximum absolute atomic E-state index is 12.4. The van der Waals surface area contributed by atoms with Crippen LogP contribution < -0.4 is 5.32 Å². The van der Waals surface area contributed by atoms with Crippen molar-refractivity contribution in [2.75, 3.05) is 13.2 Å². The Balaban J connectivity index is 1.66. The van der Waals surface area contributed by atoms with Crippen LogP contribution in [0.3, 0.4) is 0 Å². The third-order valence-corrected chi connectivity index (χ3v) is 4.47. The zero-order valence-corrected chi connectivity index (χ0v) is 13.9. The molecule has 1 fully saturated rings.